The first-order valence-electron chi connectivity index (χ1n) is 7.31. The maximum Gasteiger partial charge on any atom is 0.274 e. The molecule has 0 spiro atoms. The number of nitrogens with zero attached hydrogens (tertiary/aromatic N) is 3. The zero-order chi connectivity index (χ0) is 17.6. The van der Waals surface area contributed by atoms with Gasteiger partial charge in [-0.1, -0.05) is 18.2 Å². The molecule has 1 amide bonds. The Morgan fingerprint density at radius 3 is 2.72 bits per heavy atom. The third-order valence-electron chi connectivity index (χ3n) is 3.29. The third-order valence-corrected chi connectivity index (χ3v) is 3.98. The van der Waals surface area contributed by atoms with Gasteiger partial charge in [0.25, 0.3) is 5.91 Å². The summed E-state index contributed by atoms with van der Waals surface area (Å²) in [4.78, 5) is 20.5. The molecule has 0 aliphatic carbocycles. The van der Waals surface area contributed by atoms with Crippen LogP contribution in [0.2, 0.25) is 0 Å². The molecule has 1 heterocycles. The van der Waals surface area contributed by atoms with Gasteiger partial charge in [0.2, 0.25) is 0 Å². The number of rotatable bonds is 4. The van der Waals surface area contributed by atoms with E-state index in [0.29, 0.717) is 17.1 Å². The van der Waals surface area contributed by atoms with Crippen molar-refractivity contribution in [3.05, 3.63) is 76.7 Å². The van der Waals surface area contributed by atoms with Gasteiger partial charge in [0, 0.05) is 16.2 Å². The van der Waals surface area contributed by atoms with Gasteiger partial charge in [0.05, 0.1) is 17.3 Å². The molecular formula is C18H12BrN5O. The van der Waals surface area contributed by atoms with Crippen LogP contribution in [0.1, 0.15) is 16.1 Å². The van der Waals surface area contributed by atoms with Gasteiger partial charge in [0.15, 0.2) is 0 Å². The summed E-state index contributed by atoms with van der Waals surface area (Å²) in [6.07, 6.45) is 1.32. The van der Waals surface area contributed by atoms with E-state index < -0.39 is 0 Å². The highest BCUT2D eigenvalue weighted by molar-refractivity contribution is 9.10. The number of hydrogen-bond acceptors (Lipinski definition) is 5. The number of anilines is 3. The number of aromatic nitrogens is 2. The number of nitriles is 1. The molecule has 0 aliphatic heterocycles. The normalized spacial score (nSPS) is 9.92. The van der Waals surface area contributed by atoms with Gasteiger partial charge in [0.1, 0.15) is 17.8 Å². The van der Waals surface area contributed by atoms with Crippen molar-refractivity contribution in [3.8, 4) is 6.07 Å². The van der Waals surface area contributed by atoms with Gasteiger partial charge in [-0.2, -0.15) is 5.26 Å². The molecule has 7 heteroatoms. The standard InChI is InChI=1S/C18H12BrN5O/c19-14-6-1-2-7-15(14)24-17-9-16(21-11-22-17)18(25)23-13-5-3-4-12(8-13)10-20/h1-9,11H,(H,23,25)(H,21,22,24). The van der Waals surface area contributed by atoms with Crippen LogP contribution in [0.5, 0.6) is 0 Å². The molecule has 2 aromatic carbocycles. The van der Waals surface area contributed by atoms with Crippen molar-refractivity contribution >= 4 is 39.0 Å². The zero-order valence-electron chi connectivity index (χ0n) is 12.9. The molecule has 2 N–H and O–H groups in total. The Morgan fingerprint density at radius 1 is 1.08 bits per heavy atom. The molecule has 0 aliphatic rings. The molecule has 0 unspecified atom stereocenters. The number of carbonyl (C=O) groups excluding carboxylic acids is 1. The van der Waals surface area contributed by atoms with E-state index in [-0.39, 0.29) is 11.6 Å². The molecule has 0 atom stereocenters. The largest absolute Gasteiger partial charge is 0.339 e. The smallest absolute Gasteiger partial charge is 0.274 e. The molecule has 0 saturated heterocycles. The maximum atomic E-state index is 12.4. The summed E-state index contributed by atoms with van der Waals surface area (Å²) in [6, 6.07) is 17.9. The average Bonchev–Trinajstić information content (AvgIpc) is 2.64. The van der Waals surface area contributed by atoms with E-state index in [4.69, 9.17) is 5.26 Å². The number of benzene rings is 2. The van der Waals surface area contributed by atoms with Gasteiger partial charge >= 0.3 is 0 Å². The minimum atomic E-state index is -0.382. The van der Waals surface area contributed by atoms with Crippen LogP contribution in [-0.2, 0) is 0 Å². The van der Waals surface area contributed by atoms with Crippen molar-refractivity contribution in [2.24, 2.45) is 0 Å². The lowest BCUT2D eigenvalue weighted by molar-refractivity contribution is 0.102. The second-order valence-electron chi connectivity index (χ2n) is 5.04. The summed E-state index contributed by atoms with van der Waals surface area (Å²) in [5, 5.41) is 14.8. The van der Waals surface area contributed by atoms with Gasteiger partial charge in [-0.25, -0.2) is 9.97 Å². The summed E-state index contributed by atoms with van der Waals surface area (Å²) in [5.74, 6) is 0.116. The Morgan fingerprint density at radius 2 is 1.92 bits per heavy atom. The van der Waals surface area contributed by atoms with E-state index in [2.05, 4.69) is 36.5 Å². The first-order valence-corrected chi connectivity index (χ1v) is 8.10. The Bertz CT molecular complexity index is 967. The van der Waals surface area contributed by atoms with Crippen LogP contribution in [0.4, 0.5) is 17.2 Å². The molecular weight excluding hydrogens is 382 g/mol. The maximum absolute atomic E-state index is 12.4. The van der Waals surface area contributed by atoms with Crippen molar-refractivity contribution in [3.63, 3.8) is 0 Å². The first kappa shape index (κ1) is 16.6. The fourth-order valence-electron chi connectivity index (χ4n) is 2.11. The SMILES string of the molecule is N#Cc1cccc(NC(=O)c2cc(Nc3ccccc3Br)ncn2)c1. The number of hydrogen-bond donors (Lipinski definition) is 2. The predicted octanol–water partition coefficient (Wildman–Crippen LogP) is 4.11. The van der Waals surface area contributed by atoms with E-state index in [1.807, 2.05) is 30.3 Å². The van der Waals surface area contributed by atoms with Crippen LogP contribution < -0.4 is 10.6 Å². The number of halogens is 1. The summed E-state index contributed by atoms with van der Waals surface area (Å²) in [7, 11) is 0. The Kier molecular flexibility index (Phi) is 5.02. The number of para-hydroxylation sites is 1. The minimum Gasteiger partial charge on any atom is -0.339 e. The monoisotopic (exact) mass is 393 g/mol. The number of carbonyl (C=O) groups is 1. The minimum absolute atomic E-state index is 0.215. The molecule has 0 saturated carbocycles. The van der Waals surface area contributed by atoms with Gasteiger partial charge in [-0.15, -0.1) is 0 Å². The van der Waals surface area contributed by atoms with Crippen LogP contribution in [0, 0.1) is 11.3 Å². The molecule has 25 heavy (non-hydrogen) atoms. The molecule has 3 aromatic rings. The fourth-order valence-corrected chi connectivity index (χ4v) is 2.50. The molecule has 0 radical (unpaired) electrons. The lowest BCUT2D eigenvalue weighted by Crippen LogP contribution is -2.14. The zero-order valence-corrected chi connectivity index (χ0v) is 14.5. The van der Waals surface area contributed by atoms with Crippen LogP contribution in [0.25, 0.3) is 0 Å². The van der Waals surface area contributed by atoms with Crippen LogP contribution in [0.15, 0.2) is 65.4 Å². The second-order valence-corrected chi connectivity index (χ2v) is 5.89. The van der Waals surface area contributed by atoms with E-state index in [0.717, 1.165) is 10.2 Å². The highest BCUT2D eigenvalue weighted by atomic mass is 79.9. The van der Waals surface area contributed by atoms with Gasteiger partial charge in [-0.05, 0) is 46.3 Å². The topological polar surface area (TPSA) is 90.7 Å². The van der Waals surface area contributed by atoms with Crippen LogP contribution in [0.3, 0.4) is 0 Å². The van der Waals surface area contributed by atoms with E-state index in [9.17, 15) is 4.79 Å². The average molecular weight is 394 g/mol. The van der Waals surface area contributed by atoms with E-state index in [1.54, 1.807) is 30.3 Å². The summed E-state index contributed by atoms with van der Waals surface area (Å²) in [5.41, 5.74) is 2.04. The molecule has 3 rings (SSSR count). The highest BCUT2D eigenvalue weighted by Gasteiger charge is 2.10. The highest BCUT2D eigenvalue weighted by Crippen LogP contribution is 2.24. The predicted molar refractivity (Wildman–Crippen MR) is 98.6 cm³/mol. The van der Waals surface area contributed by atoms with Crippen molar-refractivity contribution in [2.75, 3.05) is 10.6 Å². The summed E-state index contributed by atoms with van der Waals surface area (Å²) < 4.78 is 0.882. The van der Waals surface area contributed by atoms with Crippen LogP contribution in [-0.4, -0.2) is 15.9 Å². The lowest BCUT2D eigenvalue weighted by atomic mass is 10.2. The van der Waals surface area contributed by atoms with Crippen molar-refractivity contribution in [1.82, 2.24) is 9.97 Å². The Labute approximate surface area is 152 Å². The molecule has 0 fully saturated rings. The molecule has 1 aromatic heterocycles. The van der Waals surface area contributed by atoms with Crippen molar-refractivity contribution in [2.45, 2.75) is 0 Å². The van der Waals surface area contributed by atoms with Crippen LogP contribution >= 0.6 is 15.9 Å². The van der Waals surface area contributed by atoms with E-state index >= 15 is 0 Å². The molecule has 122 valence electrons. The Hall–Kier alpha value is -3.24. The molecule has 0 bridgehead atoms. The number of amides is 1. The second kappa shape index (κ2) is 7.55. The summed E-state index contributed by atoms with van der Waals surface area (Å²) >= 11 is 3.45. The van der Waals surface area contributed by atoms with Crippen molar-refractivity contribution < 1.29 is 4.79 Å². The lowest BCUT2D eigenvalue weighted by Gasteiger charge is -2.09. The molecule has 6 nitrogen and oxygen atoms in total. The van der Waals surface area contributed by atoms with Gasteiger partial charge in [-0.3, -0.25) is 4.79 Å². The van der Waals surface area contributed by atoms with E-state index in [1.165, 1.54) is 6.33 Å². The summed E-state index contributed by atoms with van der Waals surface area (Å²) in [6.45, 7) is 0. The Balaban J connectivity index is 1.77. The fraction of sp³-hybridized carbons (Fsp3) is 0. The third kappa shape index (κ3) is 4.19. The first-order chi connectivity index (χ1) is 12.2. The van der Waals surface area contributed by atoms with Gasteiger partial charge < -0.3 is 10.6 Å². The number of nitrogens with one attached hydrogen (secondary N) is 2. The van der Waals surface area contributed by atoms with Crippen molar-refractivity contribution in [1.29, 1.82) is 5.26 Å². The quantitative estimate of drug-likeness (QED) is 0.695.